The Hall–Kier alpha value is -3.39. The lowest BCUT2D eigenvalue weighted by molar-refractivity contribution is -0.119. The highest BCUT2D eigenvalue weighted by molar-refractivity contribution is 6.31. The molecule has 2 aromatic carbocycles. The zero-order valence-corrected chi connectivity index (χ0v) is 15.8. The van der Waals surface area contributed by atoms with Crippen molar-refractivity contribution in [1.29, 1.82) is 0 Å². The third kappa shape index (κ3) is 3.21. The number of hydrogen-bond acceptors (Lipinski definition) is 5. The molecule has 29 heavy (non-hydrogen) atoms. The first kappa shape index (κ1) is 17.7. The van der Waals surface area contributed by atoms with Gasteiger partial charge in [-0.25, -0.2) is 4.39 Å². The molecule has 1 aliphatic heterocycles. The molecule has 0 spiro atoms. The first-order valence-corrected chi connectivity index (χ1v) is 9.41. The number of halogens is 2. The van der Waals surface area contributed by atoms with Gasteiger partial charge in [0.1, 0.15) is 11.9 Å². The van der Waals surface area contributed by atoms with E-state index in [-0.39, 0.29) is 23.6 Å². The van der Waals surface area contributed by atoms with Crippen LogP contribution in [0, 0.1) is 5.82 Å². The number of amides is 1. The predicted molar refractivity (Wildman–Crippen MR) is 107 cm³/mol. The van der Waals surface area contributed by atoms with Gasteiger partial charge in [0, 0.05) is 22.5 Å². The molecule has 0 saturated carbocycles. The number of aromatic amines is 1. The van der Waals surface area contributed by atoms with E-state index in [1.807, 2.05) is 6.07 Å². The number of hydrogen-bond donors (Lipinski definition) is 3. The van der Waals surface area contributed by atoms with Crippen molar-refractivity contribution < 1.29 is 13.6 Å². The van der Waals surface area contributed by atoms with E-state index in [0.29, 0.717) is 29.2 Å². The molecule has 3 N–H and O–H groups in total. The van der Waals surface area contributed by atoms with Gasteiger partial charge in [0.15, 0.2) is 0 Å². The lowest BCUT2D eigenvalue weighted by Crippen LogP contribution is -2.29. The van der Waals surface area contributed by atoms with Gasteiger partial charge in [-0.2, -0.15) is 0 Å². The molecule has 5 rings (SSSR count). The Bertz CT molecular complexity index is 1220. The van der Waals surface area contributed by atoms with Gasteiger partial charge in [0.05, 0.1) is 11.3 Å². The first-order chi connectivity index (χ1) is 14.1. The lowest BCUT2D eigenvalue weighted by atomic mass is 10.1. The number of anilines is 1. The molecule has 7 nitrogen and oxygen atoms in total. The zero-order chi connectivity index (χ0) is 20.0. The Morgan fingerprint density at radius 3 is 2.76 bits per heavy atom. The highest BCUT2D eigenvalue weighted by Gasteiger charge is 2.26. The molecule has 3 heterocycles. The fourth-order valence-corrected chi connectivity index (χ4v) is 3.65. The van der Waals surface area contributed by atoms with E-state index in [2.05, 4.69) is 25.8 Å². The molecule has 4 aromatic rings. The Morgan fingerprint density at radius 2 is 2.00 bits per heavy atom. The second-order valence-electron chi connectivity index (χ2n) is 6.76. The van der Waals surface area contributed by atoms with Crippen molar-refractivity contribution in [3.05, 3.63) is 53.3 Å². The van der Waals surface area contributed by atoms with Gasteiger partial charge in [0.2, 0.25) is 5.91 Å². The first-order valence-electron chi connectivity index (χ1n) is 9.04. The summed E-state index contributed by atoms with van der Waals surface area (Å²) >= 11 is 6.20. The monoisotopic (exact) mass is 411 g/mol. The van der Waals surface area contributed by atoms with Crippen LogP contribution in [0.4, 0.5) is 10.4 Å². The topological polar surface area (TPSA) is 95.8 Å². The standard InChI is InChI=1S/C20H15ClFN5O2/c21-11-3-6-14-13(9-11)16(17(24-14)10-1-4-12(22)5-2-10)19-26-27-20(29-19)25-15-7-8-23-18(15)28/h1-6,9,15,24H,7-8H2,(H,23,28)(H,25,27)/t15-/m0/s1. The Balaban J connectivity index is 1.61. The van der Waals surface area contributed by atoms with E-state index in [4.69, 9.17) is 16.0 Å². The zero-order valence-electron chi connectivity index (χ0n) is 15.0. The Labute approximate surface area is 169 Å². The predicted octanol–water partition coefficient (Wildman–Crippen LogP) is 3.98. The minimum atomic E-state index is -0.405. The molecule has 0 unspecified atom stereocenters. The van der Waals surface area contributed by atoms with Gasteiger partial charge >= 0.3 is 6.01 Å². The van der Waals surface area contributed by atoms with Crippen LogP contribution in [-0.4, -0.2) is 33.7 Å². The molecule has 146 valence electrons. The molecule has 0 bridgehead atoms. The summed E-state index contributed by atoms with van der Waals surface area (Å²) in [5.41, 5.74) is 2.95. The minimum absolute atomic E-state index is 0.101. The van der Waals surface area contributed by atoms with E-state index < -0.39 is 6.04 Å². The maximum atomic E-state index is 13.4. The van der Waals surface area contributed by atoms with Crippen LogP contribution in [0.25, 0.3) is 33.6 Å². The number of fused-ring (bicyclic) bond motifs is 1. The number of benzene rings is 2. The molecule has 1 fully saturated rings. The highest BCUT2D eigenvalue weighted by atomic mass is 35.5. The van der Waals surface area contributed by atoms with Crippen LogP contribution < -0.4 is 10.6 Å². The van der Waals surface area contributed by atoms with Crippen molar-refractivity contribution in [2.45, 2.75) is 12.5 Å². The quantitative estimate of drug-likeness (QED) is 0.472. The van der Waals surface area contributed by atoms with Gasteiger partial charge < -0.3 is 20.0 Å². The van der Waals surface area contributed by atoms with E-state index in [0.717, 1.165) is 16.5 Å². The van der Waals surface area contributed by atoms with Crippen molar-refractivity contribution >= 4 is 34.4 Å². The number of nitrogens with zero attached hydrogens (tertiary/aromatic N) is 2. The Morgan fingerprint density at radius 1 is 1.17 bits per heavy atom. The van der Waals surface area contributed by atoms with Gasteiger partial charge in [-0.05, 0) is 54.4 Å². The molecule has 1 amide bonds. The van der Waals surface area contributed by atoms with Gasteiger partial charge in [0.25, 0.3) is 5.89 Å². The summed E-state index contributed by atoms with van der Waals surface area (Å²) < 4.78 is 19.2. The van der Waals surface area contributed by atoms with Crippen molar-refractivity contribution in [1.82, 2.24) is 20.5 Å². The number of H-pyrrole nitrogens is 1. The summed E-state index contributed by atoms with van der Waals surface area (Å²) in [5.74, 6) is -0.164. The SMILES string of the molecule is O=C1NCC[C@@H]1Nc1nnc(-c2c(-c3ccc(F)cc3)[nH]c3ccc(Cl)cc23)o1. The smallest absolute Gasteiger partial charge is 0.316 e. The van der Waals surface area contributed by atoms with Gasteiger partial charge in [-0.15, -0.1) is 5.10 Å². The van der Waals surface area contributed by atoms with E-state index in [9.17, 15) is 9.18 Å². The number of carbonyl (C=O) groups excluding carboxylic acids is 1. The number of nitrogens with one attached hydrogen (secondary N) is 3. The molecule has 9 heteroatoms. The second kappa shape index (κ2) is 6.89. The van der Waals surface area contributed by atoms with Crippen molar-refractivity contribution in [3.8, 4) is 22.7 Å². The molecule has 0 radical (unpaired) electrons. The second-order valence-corrected chi connectivity index (χ2v) is 7.20. The minimum Gasteiger partial charge on any atom is -0.403 e. The maximum absolute atomic E-state index is 13.4. The lowest BCUT2D eigenvalue weighted by Gasteiger charge is -2.05. The summed E-state index contributed by atoms with van der Waals surface area (Å²) in [6, 6.07) is 11.3. The fraction of sp³-hybridized carbons (Fsp3) is 0.150. The number of rotatable bonds is 4. The summed E-state index contributed by atoms with van der Waals surface area (Å²) in [5, 5.41) is 15.3. The van der Waals surface area contributed by atoms with Gasteiger partial charge in [-0.3, -0.25) is 4.79 Å². The van der Waals surface area contributed by atoms with E-state index >= 15 is 0 Å². The number of carbonyl (C=O) groups is 1. The fourth-order valence-electron chi connectivity index (χ4n) is 3.48. The van der Waals surface area contributed by atoms with E-state index in [1.54, 1.807) is 24.3 Å². The van der Waals surface area contributed by atoms with Gasteiger partial charge in [-0.1, -0.05) is 16.7 Å². The van der Waals surface area contributed by atoms with Crippen LogP contribution in [0.2, 0.25) is 5.02 Å². The van der Waals surface area contributed by atoms with Crippen LogP contribution in [0.15, 0.2) is 46.9 Å². The molecular formula is C20H15ClFN5O2. The molecule has 1 saturated heterocycles. The van der Waals surface area contributed by atoms with Crippen LogP contribution >= 0.6 is 11.6 Å². The van der Waals surface area contributed by atoms with Crippen LogP contribution in [-0.2, 0) is 4.79 Å². The molecular weight excluding hydrogens is 397 g/mol. The van der Waals surface area contributed by atoms with Crippen molar-refractivity contribution in [2.75, 3.05) is 11.9 Å². The molecule has 2 aromatic heterocycles. The maximum Gasteiger partial charge on any atom is 0.316 e. The Kier molecular flexibility index (Phi) is 4.21. The molecule has 1 atom stereocenters. The average molecular weight is 412 g/mol. The average Bonchev–Trinajstić information content (AvgIpc) is 3.41. The van der Waals surface area contributed by atoms with Crippen LogP contribution in [0.1, 0.15) is 6.42 Å². The highest BCUT2D eigenvalue weighted by Crippen LogP contribution is 2.39. The summed E-state index contributed by atoms with van der Waals surface area (Å²) in [4.78, 5) is 15.1. The number of aromatic nitrogens is 3. The third-order valence-electron chi connectivity index (χ3n) is 4.88. The van der Waals surface area contributed by atoms with Crippen LogP contribution in [0.5, 0.6) is 0 Å². The third-order valence-corrected chi connectivity index (χ3v) is 5.11. The summed E-state index contributed by atoms with van der Waals surface area (Å²) in [7, 11) is 0. The van der Waals surface area contributed by atoms with Crippen molar-refractivity contribution in [3.63, 3.8) is 0 Å². The largest absolute Gasteiger partial charge is 0.403 e. The van der Waals surface area contributed by atoms with Crippen molar-refractivity contribution in [2.24, 2.45) is 0 Å². The molecule has 0 aliphatic carbocycles. The normalized spacial score (nSPS) is 16.3. The van der Waals surface area contributed by atoms with Crippen LogP contribution in [0.3, 0.4) is 0 Å². The summed E-state index contributed by atoms with van der Waals surface area (Å²) in [6.45, 7) is 0.604. The summed E-state index contributed by atoms with van der Waals surface area (Å²) in [6.07, 6.45) is 0.639. The molecule has 1 aliphatic rings. The van der Waals surface area contributed by atoms with E-state index in [1.165, 1.54) is 12.1 Å².